The zero-order valence-electron chi connectivity index (χ0n) is 16.1. The molecule has 1 heterocycles. The Morgan fingerprint density at radius 1 is 1.03 bits per heavy atom. The number of tetrazole rings is 1. The van der Waals surface area contributed by atoms with Crippen molar-refractivity contribution in [1.29, 1.82) is 0 Å². The first kappa shape index (κ1) is 20.6. The number of hydrogen-bond donors (Lipinski definition) is 3. The molecule has 0 radical (unpaired) electrons. The van der Waals surface area contributed by atoms with Gasteiger partial charge in [0, 0.05) is 5.56 Å². The Hall–Kier alpha value is -3.63. The number of nitrogens with zero attached hydrogens (tertiary/aromatic N) is 3. The highest BCUT2D eigenvalue weighted by Gasteiger charge is 2.24. The summed E-state index contributed by atoms with van der Waals surface area (Å²) in [7, 11) is -2.83. The summed E-state index contributed by atoms with van der Waals surface area (Å²) in [6.45, 7) is 0. The van der Waals surface area contributed by atoms with Gasteiger partial charge in [0.15, 0.2) is 5.75 Å². The molecule has 0 aliphatic carbocycles. The highest BCUT2D eigenvalue weighted by molar-refractivity contribution is 7.92. The molecule has 11 heteroatoms. The number of nitrogens with one attached hydrogen (secondary N) is 2. The number of sulfonamides is 1. The summed E-state index contributed by atoms with van der Waals surface area (Å²) in [4.78, 5) is -0.438. The van der Waals surface area contributed by atoms with Crippen molar-refractivity contribution < 1.29 is 18.3 Å². The molecule has 4 aromatic rings. The first-order valence-corrected chi connectivity index (χ1v) is 10.8. The van der Waals surface area contributed by atoms with Crippen LogP contribution in [0.25, 0.3) is 22.5 Å². The van der Waals surface area contributed by atoms with Crippen LogP contribution in [-0.4, -0.2) is 41.3 Å². The molecule has 0 aliphatic heterocycles. The second-order valence-corrected chi connectivity index (χ2v) is 8.48. The number of anilines is 1. The maximum Gasteiger partial charge on any atom is 0.265 e. The number of aromatic nitrogens is 4. The Kier molecular flexibility index (Phi) is 5.49. The lowest BCUT2D eigenvalue weighted by Gasteiger charge is -2.15. The van der Waals surface area contributed by atoms with E-state index in [-0.39, 0.29) is 22.1 Å². The summed E-state index contributed by atoms with van der Waals surface area (Å²) in [5.41, 5.74) is 2.14. The van der Waals surface area contributed by atoms with Gasteiger partial charge in [-0.15, -0.1) is 10.2 Å². The van der Waals surface area contributed by atoms with Crippen molar-refractivity contribution in [2.45, 2.75) is 4.90 Å². The molecular weight excluding hydrogens is 442 g/mol. The van der Waals surface area contributed by atoms with E-state index in [2.05, 4.69) is 25.3 Å². The Balaban J connectivity index is 1.78. The van der Waals surface area contributed by atoms with E-state index >= 15 is 0 Å². The van der Waals surface area contributed by atoms with E-state index in [1.807, 2.05) is 36.4 Å². The minimum absolute atomic E-state index is 0.127. The number of H-pyrrole nitrogens is 1. The second kappa shape index (κ2) is 8.25. The maximum atomic E-state index is 13.2. The molecule has 158 valence electrons. The molecule has 0 amide bonds. The van der Waals surface area contributed by atoms with Gasteiger partial charge in [0.25, 0.3) is 10.0 Å². The first-order valence-electron chi connectivity index (χ1n) is 8.91. The van der Waals surface area contributed by atoms with Crippen LogP contribution in [0.4, 0.5) is 5.69 Å². The minimum atomic E-state index is -4.26. The number of methoxy groups -OCH3 is 1. The Morgan fingerprint density at radius 2 is 1.81 bits per heavy atom. The largest absolute Gasteiger partial charge is 0.505 e. The zero-order chi connectivity index (χ0) is 22.0. The highest BCUT2D eigenvalue weighted by atomic mass is 35.5. The SMILES string of the molecule is COc1ccc(-c2ccccc2)cc1NS(=O)(=O)c1cc(-c2nn[nH]n2)cc(Cl)c1O. The third-order valence-electron chi connectivity index (χ3n) is 4.47. The van der Waals surface area contributed by atoms with Crippen LogP contribution in [0.15, 0.2) is 65.6 Å². The standard InChI is InChI=1S/C20H16ClN5O4S/c1-30-17-8-7-13(12-5-3-2-4-6-12)10-16(17)24-31(28,29)18-11-14(9-15(21)19(18)27)20-22-25-26-23-20/h2-11,24,27H,1H3,(H,22,23,25,26). The summed E-state index contributed by atoms with van der Waals surface area (Å²) >= 11 is 6.06. The number of hydrogen-bond acceptors (Lipinski definition) is 7. The highest BCUT2D eigenvalue weighted by Crippen LogP contribution is 2.38. The van der Waals surface area contributed by atoms with E-state index in [0.717, 1.165) is 11.1 Å². The summed E-state index contributed by atoms with van der Waals surface area (Å²) in [6, 6.07) is 17.1. The number of rotatable bonds is 6. The van der Waals surface area contributed by atoms with Gasteiger partial charge >= 0.3 is 0 Å². The smallest absolute Gasteiger partial charge is 0.265 e. The average Bonchev–Trinajstić information content (AvgIpc) is 3.30. The van der Waals surface area contributed by atoms with E-state index in [9.17, 15) is 13.5 Å². The van der Waals surface area contributed by atoms with Gasteiger partial charge < -0.3 is 9.84 Å². The molecule has 3 N–H and O–H groups in total. The lowest BCUT2D eigenvalue weighted by molar-refractivity contribution is 0.417. The normalized spacial score (nSPS) is 11.3. The molecule has 31 heavy (non-hydrogen) atoms. The van der Waals surface area contributed by atoms with E-state index in [4.69, 9.17) is 16.3 Å². The van der Waals surface area contributed by atoms with Crippen LogP contribution in [0, 0.1) is 0 Å². The lowest BCUT2D eigenvalue weighted by Crippen LogP contribution is -2.14. The fourth-order valence-electron chi connectivity index (χ4n) is 2.99. The van der Waals surface area contributed by atoms with Gasteiger partial charge in [0.2, 0.25) is 5.82 Å². The molecule has 0 fully saturated rings. The van der Waals surface area contributed by atoms with Gasteiger partial charge in [0.1, 0.15) is 10.6 Å². The van der Waals surface area contributed by atoms with Crippen molar-refractivity contribution in [1.82, 2.24) is 20.6 Å². The Bertz CT molecular complexity index is 1330. The predicted octanol–water partition coefficient (Wildman–Crippen LogP) is 3.70. The van der Waals surface area contributed by atoms with Crippen LogP contribution in [0.2, 0.25) is 5.02 Å². The molecule has 0 aliphatic rings. The lowest BCUT2D eigenvalue weighted by atomic mass is 10.1. The number of aromatic amines is 1. The molecule has 0 atom stereocenters. The number of aromatic hydroxyl groups is 1. The molecule has 0 spiro atoms. The monoisotopic (exact) mass is 457 g/mol. The Morgan fingerprint density at radius 3 is 2.48 bits per heavy atom. The van der Waals surface area contributed by atoms with E-state index in [1.165, 1.54) is 19.2 Å². The van der Waals surface area contributed by atoms with Crippen LogP contribution in [0.5, 0.6) is 11.5 Å². The van der Waals surface area contributed by atoms with Gasteiger partial charge in [-0.25, -0.2) is 8.42 Å². The van der Waals surface area contributed by atoms with Crippen molar-refractivity contribution in [3.8, 4) is 34.0 Å². The van der Waals surface area contributed by atoms with Crippen molar-refractivity contribution in [2.24, 2.45) is 0 Å². The Labute approximate surface area is 182 Å². The van der Waals surface area contributed by atoms with Gasteiger partial charge in [-0.2, -0.15) is 5.21 Å². The summed E-state index contributed by atoms with van der Waals surface area (Å²) in [6.07, 6.45) is 0. The third kappa shape index (κ3) is 4.16. The van der Waals surface area contributed by atoms with E-state index < -0.39 is 20.7 Å². The number of phenolic OH excluding ortho intramolecular Hbond substituents is 1. The molecule has 1 aromatic heterocycles. The first-order chi connectivity index (χ1) is 14.9. The summed E-state index contributed by atoms with van der Waals surface area (Å²) < 4.78 is 34.1. The number of phenols is 1. The van der Waals surface area contributed by atoms with Crippen LogP contribution in [0.3, 0.4) is 0 Å². The predicted molar refractivity (Wildman–Crippen MR) is 116 cm³/mol. The fourth-order valence-corrected chi connectivity index (χ4v) is 4.47. The molecule has 0 unspecified atom stereocenters. The molecular formula is C20H16ClN5O4S. The summed E-state index contributed by atoms with van der Waals surface area (Å²) in [5.74, 6) is -0.162. The molecule has 3 aromatic carbocycles. The van der Waals surface area contributed by atoms with E-state index in [1.54, 1.807) is 12.1 Å². The van der Waals surface area contributed by atoms with Gasteiger partial charge in [-0.3, -0.25) is 4.72 Å². The number of halogens is 1. The van der Waals surface area contributed by atoms with Crippen LogP contribution >= 0.6 is 11.6 Å². The minimum Gasteiger partial charge on any atom is -0.505 e. The average molecular weight is 458 g/mol. The molecule has 0 saturated heterocycles. The van der Waals surface area contributed by atoms with Crippen molar-refractivity contribution >= 4 is 27.3 Å². The van der Waals surface area contributed by atoms with Crippen molar-refractivity contribution in [2.75, 3.05) is 11.8 Å². The molecule has 9 nitrogen and oxygen atoms in total. The second-order valence-electron chi connectivity index (χ2n) is 6.43. The molecule has 0 saturated carbocycles. The quantitative estimate of drug-likeness (QED) is 0.402. The van der Waals surface area contributed by atoms with Crippen molar-refractivity contribution in [3.63, 3.8) is 0 Å². The van der Waals surface area contributed by atoms with Crippen molar-refractivity contribution in [3.05, 3.63) is 65.7 Å². The van der Waals surface area contributed by atoms with Gasteiger partial charge in [-0.05, 0) is 40.6 Å². The van der Waals surface area contributed by atoms with E-state index in [0.29, 0.717) is 5.75 Å². The fraction of sp³-hybridized carbons (Fsp3) is 0.0500. The summed E-state index contributed by atoms with van der Waals surface area (Å²) in [5, 5.41) is 23.5. The molecule has 4 rings (SSSR count). The van der Waals surface area contributed by atoms with Crippen LogP contribution < -0.4 is 9.46 Å². The third-order valence-corrected chi connectivity index (χ3v) is 6.14. The van der Waals surface area contributed by atoms with Gasteiger partial charge in [0.05, 0.1) is 17.8 Å². The molecule has 0 bridgehead atoms. The zero-order valence-corrected chi connectivity index (χ0v) is 17.6. The number of benzene rings is 3. The number of ether oxygens (including phenoxy) is 1. The topological polar surface area (TPSA) is 130 Å². The van der Waals surface area contributed by atoms with Crippen LogP contribution in [-0.2, 0) is 10.0 Å². The van der Waals surface area contributed by atoms with Crippen LogP contribution in [0.1, 0.15) is 0 Å². The van der Waals surface area contributed by atoms with Gasteiger partial charge in [-0.1, -0.05) is 48.0 Å². The maximum absolute atomic E-state index is 13.2.